The van der Waals surface area contributed by atoms with Gasteiger partial charge in [-0.3, -0.25) is 0 Å². The van der Waals surface area contributed by atoms with Crippen molar-refractivity contribution in [3.05, 3.63) is 300 Å². The van der Waals surface area contributed by atoms with Gasteiger partial charge in [-0.2, -0.15) is 0 Å². The Hall–Kier alpha value is -9.90. The van der Waals surface area contributed by atoms with Crippen LogP contribution in [0.1, 0.15) is 61.1 Å². The molecule has 13 aromatic rings. The zero-order chi connectivity index (χ0) is 55.4. The van der Waals surface area contributed by atoms with Gasteiger partial charge in [-0.1, -0.05) is 172 Å². The van der Waals surface area contributed by atoms with Crippen LogP contribution < -0.4 is 9.80 Å². The van der Waals surface area contributed by atoms with Crippen LogP contribution in [-0.4, -0.2) is 9.13 Å². The van der Waals surface area contributed by atoms with Crippen molar-refractivity contribution in [2.24, 2.45) is 0 Å². The standard InChI is InChI=1S/C78H62N4/c1-51-19-17-21-53(43-51)73-45-55-47-76-56(48-75(55)81(73)61-35-31-59(32-36-61)79(57-23-9-7-10-24-57)63-39-41-67-65-27-13-15-29-69(65)77(3,4)71(67)49-63)46-74(54-22-18-20-52(2)44-54)82(76)62-37-33-60(34-38-62)80(58-25-11-8-12-26-58)64-40-42-68-66-28-14-16-30-70(66)78(5,6)72(68)50-64/h7-50H,1-6H3. The number of para-hydroxylation sites is 2. The molecule has 2 aromatic heterocycles. The number of aryl methyl sites for hydroxylation is 2. The van der Waals surface area contributed by atoms with Gasteiger partial charge in [0.05, 0.1) is 22.4 Å². The number of hydrogen-bond acceptors (Lipinski definition) is 2. The second-order valence-electron chi connectivity index (χ2n) is 23.6. The highest BCUT2D eigenvalue weighted by Gasteiger charge is 2.37. The molecule has 0 bridgehead atoms. The van der Waals surface area contributed by atoms with Crippen LogP contribution in [0.25, 0.3) is 77.9 Å². The van der Waals surface area contributed by atoms with Crippen molar-refractivity contribution in [3.63, 3.8) is 0 Å². The normalized spacial score (nSPS) is 13.4. The highest BCUT2D eigenvalue weighted by Crippen LogP contribution is 2.53. The Kier molecular flexibility index (Phi) is 11.3. The van der Waals surface area contributed by atoms with E-state index in [-0.39, 0.29) is 10.8 Å². The number of benzene rings is 11. The molecule has 0 saturated carbocycles. The van der Waals surface area contributed by atoms with Crippen LogP contribution in [0.3, 0.4) is 0 Å². The monoisotopic (exact) mass is 1050 g/mol. The van der Waals surface area contributed by atoms with E-state index in [1.807, 2.05) is 0 Å². The highest BCUT2D eigenvalue weighted by atomic mass is 15.1. The molecular weight excluding hydrogens is 993 g/mol. The summed E-state index contributed by atoms with van der Waals surface area (Å²) in [4.78, 5) is 4.80. The molecule has 0 N–H and O–H groups in total. The molecule has 82 heavy (non-hydrogen) atoms. The number of fused-ring (bicyclic) bond motifs is 8. The summed E-state index contributed by atoms with van der Waals surface area (Å²) in [6.07, 6.45) is 0. The first-order chi connectivity index (χ1) is 40.0. The Morgan fingerprint density at radius 3 is 1.04 bits per heavy atom. The van der Waals surface area contributed by atoms with Gasteiger partial charge in [0, 0.05) is 67.1 Å². The lowest BCUT2D eigenvalue weighted by Crippen LogP contribution is -2.16. The number of hydrogen-bond donors (Lipinski definition) is 0. The lowest BCUT2D eigenvalue weighted by atomic mass is 9.82. The zero-order valence-electron chi connectivity index (χ0n) is 47.2. The Balaban J connectivity index is 0.858. The zero-order valence-corrected chi connectivity index (χ0v) is 47.2. The minimum absolute atomic E-state index is 0.117. The van der Waals surface area contributed by atoms with Crippen LogP contribution in [0.5, 0.6) is 0 Å². The van der Waals surface area contributed by atoms with Crippen molar-refractivity contribution in [1.29, 1.82) is 0 Å². The molecule has 2 aliphatic rings. The minimum Gasteiger partial charge on any atom is -0.310 e. The molecular formula is C78H62N4. The van der Waals surface area contributed by atoms with Crippen LogP contribution in [0, 0.1) is 13.8 Å². The SMILES string of the molecule is Cc1cccc(-c2cc3cc4c(cc(-c5cccc(C)c5)n4-c4ccc(N(c5ccccc5)c5ccc6c(c5)C(C)(C)c5ccccc5-6)cc4)cc3n2-c2ccc(N(c3ccccc3)c3ccc4c(c3)C(C)(C)c3ccccc3-4)cc2)c1. The lowest BCUT2D eigenvalue weighted by molar-refractivity contribution is 0.660. The molecule has 0 unspecified atom stereocenters. The number of rotatable bonds is 10. The fraction of sp³-hybridized carbons (Fsp3) is 0.103. The summed E-state index contributed by atoms with van der Waals surface area (Å²) in [5, 5.41) is 2.34. The summed E-state index contributed by atoms with van der Waals surface area (Å²) >= 11 is 0. The average Bonchev–Trinajstić information content (AvgIpc) is 4.37. The van der Waals surface area contributed by atoms with E-state index in [2.05, 4.69) is 327 Å². The molecule has 0 spiro atoms. The van der Waals surface area contributed by atoms with Crippen LogP contribution in [0.4, 0.5) is 34.1 Å². The van der Waals surface area contributed by atoms with Crippen LogP contribution in [0.2, 0.25) is 0 Å². The summed E-state index contributed by atoms with van der Waals surface area (Å²) in [5.74, 6) is 0. The summed E-state index contributed by atoms with van der Waals surface area (Å²) < 4.78 is 4.93. The number of aromatic nitrogens is 2. The molecule has 11 aromatic carbocycles. The van der Waals surface area contributed by atoms with Gasteiger partial charge in [0.1, 0.15) is 0 Å². The Labute approximate surface area is 481 Å². The molecule has 4 heteroatoms. The lowest BCUT2D eigenvalue weighted by Gasteiger charge is -2.28. The van der Waals surface area contributed by atoms with Crippen LogP contribution in [-0.2, 0) is 10.8 Å². The van der Waals surface area contributed by atoms with E-state index < -0.39 is 0 Å². The van der Waals surface area contributed by atoms with Gasteiger partial charge in [-0.15, -0.1) is 0 Å². The predicted molar refractivity (Wildman–Crippen MR) is 345 cm³/mol. The average molecular weight is 1060 g/mol. The maximum Gasteiger partial charge on any atom is 0.0542 e. The number of anilines is 6. The molecule has 0 atom stereocenters. The third-order valence-electron chi connectivity index (χ3n) is 17.8. The molecule has 0 radical (unpaired) electrons. The maximum absolute atomic E-state index is 2.46. The quantitative estimate of drug-likeness (QED) is 0.136. The van der Waals surface area contributed by atoms with Gasteiger partial charge in [0.25, 0.3) is 0 Å². The van der Waals surface area contributed by atoms with E-state index in [0.29, 0.717) is 0 Å². The first-order valence-corrected chi connectivity index (χ1v) is 28.7. The summed E-state index contributed by atoms with van der Waals surface area (Å²) in [5.41, 5.74) is 28.8. The van der Waals surface area contributed by atoms with Crippen molar-refractivity contribution in [1.82, 2.24) is 9.13 Å². The van der Waals surface area contributed by atoms with Crippen molar-refractivity contribution in [3.8, 4) is 56.1 Å². The number of nitrogens with zero attached hydrogens (tertiary/aromatic N) is 4. The first-order valence-electron chi connectivity index (χ1n) is 28.7. The molecule has 394 valence electrons. The van der Waals surface area contributed by atoms with Crippen LogP contribution >= 0.6 is 0 Å². The van der Waals surface area contributed by atoms with Crippen molar-refractivity contribution < 1.29 is 0 Å². The fourth-order valence-corrected chi connectivity index (χ4v) is 13.7. The highest BCUT2D eigenvalue weighted by molar-refractivity contribution is 6.02. The van der Waals surface area contributed by atoms with Gasteiger partial charge in [-0.05, 0) is 203 Å². The van der Waals surface area contributed by atoms with Gasteiger partial charge in [0.2, 0.25) is 0 Å². The molecule has 0 amide bonds. The minimum atomic E-state index is -0.117. The van der Waals surface area contributed by atoms with E-state index in [0.717, 1.165) is 67.9 Å². The molecule has 15 rings (SSSR count). The Morgan fingerprint density at radius 2 is 0.634 bits per heavy atom. The Morgan fingerprint density at radius 1 is 0.280 bits per heavy atom. The van der Waals surface area contributed by atoms with Crippen molar-refractivity contribution in [2.75, 3.05) is 9.80 Å². The molecule has 2 heterocycles. The molecule has 2 aliphatic carbocycles. The van der Waals surface area contributed by atoms with Gasteiger partial charge >= 0.3 is 0 Å². The second-order valence-corrected chi connectivity index (χ2v) is 23.6. The Bertz CT molecular complexity index is 4330. The van der Waals surface area contributed by atoms with E-state index in [1.54, 1.807) is 0 Å². The van der Waals surface area contributed by atoms with E-state index >= 15 is 0 Å². The molecule has 0 aliphatic heterocycles. The third kappa shape index (κ3) is 7.88. The predicted octanol–water partition coefficient (Wildman–Crippen LogP) is 21.1. The summed E-state index contributed by atoms with van der Waals surface area (Å²) in [6, 6.07) is 99.2. The second kappa shape index (κ2) is 18.9. The first kappa shape index (κ1) is 49.2. The van der Waals surface area contributed by atoms with Crippen molar-refractivity contribution in [2.45, 2.75) is 52.4 Å². The van der Waals surface area contributed by atoms with E-state index in [4.69, 9.17) is 0 Å². The summed E-state index contributed by atoms with van der Waals surface area (Å²) in [7, 11) is 0. The van der Waals surface area contributed by atoms with E-state index in [9.17, 15) is 0 Å². The fourth-order valence-electron chi connectivity index (χ4n) is 13.7. The molecule has 0 fully saturated rings. The van der Waals surface area contributed by atoms with Gasteiger partial charge < -0.3 is 18.9 Å². The summed E-state index contributed by atoms with van der Waals surface area (Å²) in [6.45, 7) is 13.8. The maximum atomic E-state index is 2.46. The van der Waals surface area contributed by atoms with Gasteiger partial charge in [-0.25, -0.2) is 0 Å². The smallest absolute Gasteiger partial charge is 0.0542 e. The van der Waals surface area contributed by atoms with E-state index in [1.165, 1.54) is 77.5 Å². The largest absolute Gasteiger partial charge is 0.310 e. The van der Waals surface area contributed by atoms with Crippen LogP contribution in [0.15, 0.2) is 267 Å². The third-order valence-corrected chi connectivity index (χ3v) is 17.8. The van der Waals surface area contributed by atoms with Gasteiger partial charge in [0.15, 0.2) is 0 Å². The molecule has 0 saturated heterocycles. The topological polar surface area (TPSA) is 16.3 Å². The van der Waals surface area contributed by atoms with Crippen molar-refractivity contribution >= 4 is 55.9 Å². The molecule has 4 nitrogen and oxygen atoms in total.